The van der Waals surface area contributed by atoms with Crippen LogP contribution in [-0.2, 0) is 4.79 Å². The van der Waals surface area contributed by atoms with E-state index in [1.54, 1.807) is 0 Å². The van der Waals surface area contributed by atoms with Crippen LogP contribution in [0.15, 0.2) is 11.2 Å². The van der Waals surface area contributed by atoms with Gasteiger partial charge in [-0.15, -0.1) is 0 Å². The van der Waals surface area contributed by atoms with Gasteiger partial charge < -0.3 is 16.0 Å². The smallest absolute Gasteiger partial charge is 0.222 e. The summed E-state index contributed by atoms with van der Waals surface area (Å²) in [5.74, 6) is 1.64. The van der Waals surface area contributed by atoms with Gasteiger partial charge in [0.1, 0.15) is 11.6 Å². The molecule has 1 fully saturated rings. The van der Waals surface area contributed by atoms with E-state index in [1.807, 2.05) is 19.2 Å². The van der Waals surface area contributed by atoms with Gasteiger partial charge in [0.15, 0.2) is 5.16 Å². The maximum atomic E-state index is 11.1. The van der Waals surface area contributed by atoms with E-state index in [2.05, 4.69) is 25.9 Å². The zero-order valence-electron chi connectivity index (χ0n) is 10.5. The largest absolute Gasteiger partial charge is 0.370 e. The number of hydrogen-bond donors (Lipinski definition) is 3. The van der Waals surface area contributed by atoms with Crippen molar-refractivity contribution in [2.24, 2.45) is 0 Å². The van der Waals surface area contributed by atoms with Crippen molar-refractivity contribution in [2.75, 3.05) is 30.0 Å². The lowest BCUT2D eigenvalue weighted by Gasteiger charge is -2.13. The Hall–Kier alpha value is -1.50. The Kier molecular flexibility index (Phi) is 4.24. The van der Waals surface area contributed by atoms with Gasteiger partial charge in [-0.1, -0.05) is 11.8 Å². The molecule has 0 radical (unpaired) electrons. The quantitative estimate of drug-likeness (QED) is 0.544. The Labute approximate surface area is 110 Å². The molecule has 2 rings (SSSR count). The number of nitrogens with one attached hydrogen (secondary N) is 3. The molecule has 1 saturated heterocycles. The maximum absolute atomic E-state index is 11.1. The van der Waals surface area contributed by atoms with Crippen LogP contribution in [0.5, 0.6) is 0 Å². The maximum Gasteiger partial charge on any atom is 0.222 e. The van der Waals surface area contributed by atoms with Gasteiger partial charge in [0.05, 0.1) is 6.04 Å². The first-order valence-corrected chi connectivity index (χ1v) is 7.14. The van der Waals surface area contributed by atoms with Crippen molar-refractivity contribution in [1.82, 2.24) is 15.3 Å². The van der Waals surface area contributed by atoms with Crippen LogP contribution in [0.2, 0.25) is 0 Å². The van der Waals surface area contributed by atoms with Crippen LogP contribution in [0.1, 0.15) is 13.3 Å². The van der Waals surface area contributed by atoms with Crippen LogP contribution in [0.25, 0.3) is 0 Å². The van der Waals surface area contributed by atoms with Gasteiger partial charge in [0.2, 0.25) is 5.91 Å². The zero-order chi connectivity index (χ0) is 13.0. The zero-order valence-corrected chi connectivity index (χ0v) is 11.3. The molecule has 1 unspecified atom stereocenters. The van der Waals surface area contributed by atoms with Crippen LogP contribution in [0, 0.1) is 0 Å². The molecule has 1 aromatic rings. The molecule has 6 nitrogen and oxygen atoms in total. The van der Waals surface area contributed by atoms with Gasteiger partial charge in [-0.2, -0.15) is 0 Å². The van der Waals surface area contributed by atoms with Crippen molar-refractivity contribution in [3.8, 4) is 0 Å². The summed E-state index contributed by atoms with van der Waals surface area (Å²) >= 11 is 1.50. The average Bonchev–Trinajstić information content (AvgIpc) is 2.75. The van der Waals surface area contributed by atoms with Gasteiger partial charge in [0, 0.05) is 25.6 Å². The Morgan fingerprint density at radius 2 is 2.28 bits per heavy atom. The number of nitrogens with zero attached hydrogens (tertiary/aromatic N) is 2. The SMILES string of the molecule is CCNc1cc(NC2CNC(=O)C2)nc(SC)n1. The minimum atomic E-state index is 0.0820. The second kappa shape index (κ2) is 5.90. The number of carbonyl (C=O) groups excluding carboxylic acids is 1. The van der Waals surface area contributed by atoms with Gasteiger partial charge in [0.25, 0.3) is 0 Å². The molecule has 1 atom stereocenters. The van der Waals surface area contributed by atoms with Crippen molar-refractivity contribution in [3.05, 3.63) is 6.07 Å². The predicted molar refractivity (Wildman–Crippen MR) is 73.0 cm³/mol. The minimum Gasteiger partial charge on any atom is -0.370 e. The van der Waals surface area contributed by atoms with E-state index in [0.29, 0.717) is 18.1 Å². The Morgan fingerprint density at radius 3 is 2.89 bits per heavy atom. The first kappa shape index (κ1) is 12.9. The number of hydrogen-bond acceptors (Lipinski definition) is 6. The summed E-state index contributed by atoms with van der Waals surface area (Å²) in [5.41, 5.74) is 0. The fourth-order valence-corrected chi connectivity index (χ4v) is 2.16. The van der Waals surface area contributed by atoms with E-state index in [9.17, 15) is 4.79 Å². The van der Waals surface area contributed by atoms with Gasteiger partial charge >= 0.3 is 0 Å². The summed E-state index contributed by atoms with van der Waals surface area (Å²) in [6.45, 7) is 3.48. The summed E-state index contributed by atoms with van der Waals surface area (Å²) < 4.78 is 0. The minimum absolute atomic E-state index is 0.0820. The molecule has 18 heavy (non-hydrogen) atoms. The lowest BCUT2D eigenvalue weighted by atomic mass is 10.2. The van der Waals surface area contributed by atoms with E-state index in [-0.39, 0.29) is 11.9 Å². The molecule has 98 valence electrons. The number of anilines is 2. The fourth-order valence-electron chi connectivity index (χ4n) is 1.78. The van der Waals surface area contributed by atoms with Crippen LogP contribution in [-0.4, -0.2) is 41.3 Å². The molecular formula is C11H17N5OS. The summed E-state index contributed by atoms with van der Waals surface area (Å²) in [6.07, 6.45) is 2.44. The number of aromatic nitrogens is 2. The molecule has 0 saturated carbocycles. The summed E-state index contributed by atoms with van der Waals surface area (Å²) in [4.78, 5) is 19.9. The van der Waals surface area contributed by atoms with E-state index in [0.717, 1.165) is 18.2 Å². The molecule has 0 aliphatic carbocycles. The van der Waals surface area contributed by atoms with Crippen molar-refractivity contribution in [3.63, 3.8) is 0 Å². The number of thioether (sulfide) groups is 1. The first-order valence-electron chi connectivity index (χ1n) is 5.91. The highest BCUT2D eigenvalue weighted by atomic mass is 32.2. The normalized spacial score (nSPS) is 18.6. The second-order valence-corrected chi connectivity index (χ2v) is 4.78. The van der Waals surface area contributed by atoms with Gasteiger partial charge in [-0.05, 0) is 13.2 Å². The topological polar surface area (TPSA) is 78.9 Å². The van der Waals surface area contributed by atoms with Gasteiger partial charge in [-0.25, -0.2) is 9.97 Å². The number of rotatable bonds is 5. The first-order chi connectivity index (χ1) is 8.71. The van der Waals surface area contributed by atoms with Crippen molar-refractivity contribution >= 4 is 29.3 Å². The molecule has 1 amide bonds. The molecule has 7 heteroatoms. The third-order valence-electron chi connectivity index (χ3n) is 2.58. The molecule has 1 aliphatic heterocycles. The van der Waals surface area contributed by atoms with Crippen LogP contribution in [0.3, 0.4) is 0 Å². The van der Waals surface area contributed by atoms with Crippen molar-refractivity contribution in [2.45, 2.75) is 24.5 Å². The second-order valence-electron chi connectivity index (χ2n) is 4.00. The third-order valence-corrected chi connectivity index (χ3v) is 3.12. The lowest BCUT2D eigenvalue weighted by Crippen LogP contribution is -2.23. The number of carbonyl (C=O) groups is 1. The van der Waals surface area contributed by atoms with E-state index < -0.39 is 0 Å². The van der Waals surface area contributed by atoms with Crippen molar-refractivity contribution < 1.29 is 4.79 Å². The summed E-state index contributed by atoms with van der Waals surface area (Å²) in [7, 11) is 0. The highest BCUT2D eigenvalue weighted by Crippen LogP contribution is 2.18. The Morgan fingerprint density at radius 1 is 1.50 bits per heavy atom. The average molecular weight is 267 g/mol. The van der Waals surface area contributed by atoms with E-state index in [4.69, 9.17) is 0 Å². The van der Waals surface area contributed by atoms with Gasteiger partial charge in [-0.3, -0.25) is 4.79 Å². The van der Waals surface area contributed by atoms with Crippen molar-refractivity contribution in [1.29, 1.82) is 0 Å². The highest BCUT2D eigenvalue weighted by Gasteiger charge is 2.21. The molecule has 3 N–H and O–H groups in total. The van der Waals surface area contributed by atoms with Crippen LogP contribution < -0.4 is 16.0 Å². The molecule has 1 aromatic heterocycles. The highest BCUT2D eigenvalue weighted by molar-refractivity contribution is 7.98. The number of amides is 1. The lowest BCUT2D eigenvalue weighted by molar-refractivity contribution is -0.119. The Bertz CT molecular complexity index is 439. The summed E-state index contributed by atoms with van der Waals surface area (Å²) in [5, 5.41) is 9.93. The van der Waals surface area contributed by atoms with Crippen LogP contribution >= 0.6 is 11.8 Å². The van der Waals surface area contributed by atoms with Crippen LogP contribution in [0.4, 0.5) is 11.6 Å². The molecule has 0 spiro atoms. The fraction of sp³-hybridized carbons (Fsp3) is 0.545. The third kappa shape index (κ3) is 3.25. The molecule has 0 bridgehead atoms. The summed E-state index contributed by atoms with van der Waals surface area (Å²) in [6, 6.07) is 1.98. The van der Waals surface area contributed by atoms with E-state index in [1.165, 1.54) is 11.8 Å². The predicted octanol–water partition coefficient (Wildman–Crippen LogP) is 0.931. The standard InChI is InChI=1S/C11H17N5OS/c1-3-12-8-5-9(16-11(15-8)18-2)14-7-4-10(17)13-6-7/h5,7H,3-4,6H2,1-2H3,(H,13,17)(H2,12,14,15,16). The van der Waals surface area contributed by atoms with E-state index >= 15 is 0 Å². The Balaban J connectivity index is 2.10. The monoisotopic (exact) mass is 267 g/mol. The molecule has 0 aromatic carbocycles. The molecule has 2 heterocycles. The molecule has 1 aliphatic rings. The molecular weight excluding hydrogens is 250 g/mol.